The maximum absolute atomic E-state index is 13.4. The molecule has 6 rings (SSSR count). The van der Waals surface area contributed by atoms with Crippen molar-refractivity contribution in [2.45, 2.75) is 42.4 Å². The van der Waals surface area contributed by atoms with E-state index in [1.165, 1.54) is 29.0 Å². The topological polar surface area (TPSA) is 81.7 Å². The molecule has 46 heavy (non-hydrogen) atoms. The number of rotatable bonds is 9. The number of anilines is 1. The highest BCUT2D eigenvalue weighted by Crippen LogP contribution is 2.32. The lowest BCUT2D eigenvalue weighted by Gasteiger charge is -2.35. The molecule has 0 radical (unpaired) electrons. The maximum Gasteiger partial charge on any atom is 0.416 e. The smallest absolute Gasteiger partial charge is 0.354 e. The fourth-order valence-electron chi connectivity index (χ4n) is 5.71. The average Bonchev–Trinajstić information content (AvgIpc) is 3.73. The molecule has 0 spiro atoms. The number of aromatic nitrogens is 2. The lowest BCUT2D eigenvalue weighted by atomic mass is 10.1. The predicted octanol–water partition coefficient (Wildman–Crippen LogP) is 6.00. The summed E-state index contributed by atoms with van der Waals surface area (Å²) in [4.78, 5) is 26.8. The molecule has 0 aliphatic carbocycles. The lowest BCUT2D eigenvalue weighted by molar-refractivity contribution is -0.137. The van der Waals surface area contributed by atoms with Crippen LogP contribution in [0.15, 0.2) is 77.3 Å². The molecular weight excluding hydrogens is 657 g/mol. The van der Waals surface area contributed by atoms with Crippen molar-refractivity contribution < 1.29 is 22.2 Å². The van der Waals surface area contributed by atoms with Crippen LogP contribution in [0.1, 0.15) is 29.5 Å². The van der Waals surface area contributed by atoms with Gasteiger partial charge in [0, 0.05) is 63.8 Å². The first-order chi connectivity index (χ1) is 22.1. The number of benzene rings is 1. The molecule has 1 N–H and O–H groups in total. The van der Waals surface area contributed by atoms with Crippen LogP contribution in [-0.4, -0.2) is 68.1 Å². The Kier molecular flexibility index (Phi) is 10.0. The number of halogens is 4. The Morgan fingerprint density at radius 2 is 1.72 bits per heavy atom. The van der Waals surface area contributed by atoms with Crippen LogP contribution in [-0.2, 0) is 35.0 Å². The number of pyridine rings is 2. The van der Waals surface area contributed by atoms with Crippen LogP contribution in [0, 0.1) is 0 Å². The minimum absolute atomic E-state index is 0.186. The monoisotopic (exact) mass is 688 g/mol. The number of amides is 1. The summed E-state index contributed by atoms with van der Waals surface area (Å²) in [6.07, 6.45) is 0.455. The Morgan fingerprint density at radius 3 is 2.39 bits per heavy atom. The fourth-order valence-corrected chi connectivity index (χ4v) is 8.61. The molecule has 0 bridgehead atoms. The highest BCUT2D eigenvalue weighted by Gasteiger charge is 2.35. The minimum Gasteiger partial charge on any atom is -0.354 e. The van der Waals surface area contributed by atoms with Gasteiger partial charge >= 0.3 is 6.18 Å². The number of nitrogens with one attached hydrogen (secondary N) is 1. The zero-order chi connectivity index (χ0) is 32.3. The Bertz CT molecular complexity index is 1680. The van der Waals surface area contributed by atoms with Crippen molar-refractivity contribution in [1.29, 1.82) is 0 Å². The molecule has 2 atom stereocenters. The Hall–Kier alpha value is -3.36. The first-order valence-electron chi connectivity index (χ1n) is 14.9. The van der Waals surface area contributed by atoms with E-state index in [0.29, 0.717) is 38.6 Å². The second kappa shape index (κ2) is 14.2. The van der Waals surface area contributed by atoms with Crippen LogP contribution in [0.5, 0.6) is 0 Å². The van der Waals surface area contributed by atoms with Gasteiger partial charge in [0.15, 0.2) is 0 Å². The molecule has 2 saturated heterocycles. The molecule has 8 nitrogen and oxygen atoms in total. The van der Waals surface area contributed by atoms with Crippen LogP contribution in [0.25, 0.3) is 11.3 Å². The van der Waals surface area contributed by atoms with E-state index < -0.39 is 28.8 Å². The van der Waals surface area contributed by atoms with Gasteiger partial charge in [0.25, 0.3) is 0 Å². The normalized spacial score (nSPS) is 18.5. The number of hydrogen-bond acceptors (Lipinski definition) is 7. The minimum atomic E-state index is -4.44. The molecule has 4 aromatic rings. The van der Waals surface area contributed by atoms with E-state index in [9.17, 15) is 22.2 Å². The van der Waals surface area contributed by atoms with Crippen molar-refractivity contribution in [1.82, 2.24) is 24.5 Å². The van der Waals surface area contributed by atoms with E-state index in [2.05, 4.69) is 20.1 Å². The first-order valence-corrected chi connectivity index (χ1v) is 17.2. The molecule has 5 heterocycles. The van der Waals surface area contributed by atoms with Gasteiger partial charge in [-0.05, 0) is 72.5 Å². The van der Waals surface area contributed by atoms with E-state index in [4.69, 9.17) is 16.6 Å². The number of carbonyl (C=O) groups excluding carboxylic acids is 1. The number of nitrogens with zero attached hydrogens (tertiary/aromatic N) is 5. The fraction of sp³-hybridized carbons (Fsp3) is 0.344. The first kappa shape index (κ1) is 32.6. The van der Waals surface area contributed by atoms with Gasteiger partial charge in [-0.15, -0.1) is 11.3 Å². The van der Waals surface area contributed by atoms with Gasteiger partial charge in [0.05, 0.1) is 15.6 Å². The number of carbonyl (C=O) groups is 1. The second-order valence-electron chi connectivity index (χ2n) is 11.2. The van der Waals surface area contributed by atoms with Crippen molar-refractivity contribution in [3.8, 4) is 11.3 Å². The molecule has 2 aliphatic heterocycles. The molecule has 2 aliphatic rings. The second-order valence-corrected chi connectivity index (χ2v) is 14.6. The quantitative estimate of drug-likeness (QED) is 0.232. The van der Waals surface area contributed by atoms with E-state index in [1.54, 1.807) is 34.9 Å². The van der Waals surface area contributed by atoms with Gasteiger partial charge in [0.2, 0.25) is 5.91 Å². The van der Waals surface area contributed by atoms with Gasteiger partial charge in [-0.2, -0.15) is 13.2 Å². The Morgan fingerprint density at radius 1 is 0.978 bits per heavy atom. The van der Waals surface area contributed by atoms with Crippen molar-refractivity contribution in [3.05, 3.63) is 94.1 Å². The Labute approximate surface area is 276 Å². The summed E-state index contributed by atoms with van der Waals surface area (Å²) in [5.74, 6) is 0.469. The number of piperazine rings is 1. The summed E-state index contributed by atoms with van der Waals surface area (Å²) in [6.45, 7) is 4.59. The molecular formula is C32H32ClF3N6O2S2. The highest BCUT2D eigenvalue weighted by molar-refractivity contribution is 7.85. The summed E-state index contributed by atoms with van der Waals surface area (Å²) in [6, 6.07) is 15.5. The van der Waals surface area contributed by atoms with Crippen LogP contribution >= 0.6 is 22.9 Å². The lowest BCUT2D eigenvalue weighted by Crippen LogP contribution is -2.46. The number of alkyl halides is 3. The van der Waals surface area contributed by atoms with Crippen LogP contribution in [0.3, 0.4) is 0 Å². The molecule has 242 valence electrons. The maximum atomic E-state index is 13.4. The zero-order valence-corrected chi connectivity index (χ0v) is 27.1. The number of thiophene rings is 1. The van der Waals surface area contributed by atoms with Crippen LogP contribution in [0.2, 0.25) is 4.34 Å². The van der Waals surface area contributed by atoms with E-state index in [-0.39, 0.29) is 12.5 Å². The van der Waals surface area contributed by atoms with Gasteiger partial charge in [-0.25, -0.2) is 13.5 Å². The van der Waals surface area contributed by atoms with Gasteiger partial charge in [-0.3, -0.25) is 14.7 Å². The van der Waals surface area contributed by atoms with Gasteiger partial charge in [-0.1, -0.05) is 23.7 Å². The molecule has 1 unspecified atom stereocenters. The van der Waals surface area contributed by atoms with Gasteiger partial charge < -0.3 is 10.2 Å². The predicted molar refractivity (Wildman–Crippen MR) is 174 cm³/mol. The summed E-state index contributed by atoms with van der Waals surface area (Å²) in [5, 5.41) is 3.01. The van der Waals surface area contributed by atoms with E-state index in [0.717, 1.165) is 56.8 Å². The SMILES string of the molecule is O=C(NCc1cc(-c2ccc(C(F)(F)F)cc2)nc(N2CCN(Cc3ccncc3)CC2)c1)[C@@H]1CCCN1S(=O)c1ccc(Cl)s1. The third-order valence-electron chi connectivity index (χ3n) is 8.14. The van der Waals surface area contributed by atoms with Gasteiger partial charge in [0.1, 0.15) is 27.1 Å². The largest absolute Gasteiger partial charge is 0.416 e. The molecule has 1 amide bonds. The van der Waals surface area contributed by atoms with Crippen molar-refractivity contribution in [3.63, 3.8) is 0 Å². The van der Waals surface area contributed by atoms with Crippen LogP contribution < -0.4 is 10.2 Å². The Balaban J connectivity index is 1.19. The van der Waals surface area contributed by atoms with Crippen molar-refractivity contribution >= 4 is 45.6 Å². The molecule has 14 heteroatoms. The summed E-state index contributed by atoms with van der Waals surface area (Å²) in [5.41, 5.74) is 2.29. The third kappa shape index (κ3) is 7.77. The molecule has 3 aromatic heterocycles. The van der Waals surface area contributed by atoms with E-state index in [1.807, 2.05) is 18.2 Å². The summed E-state index contributed by atoms with van der Waals surface area (Å²) < 4.78 is 55.8. The summed E-state index contributed by atoms with van der Waals surface area (Å²) in [7, 11) is -1.49. The summed E-state index contributed by atoms with van der Waals surface area (Å²) >= 11 is 7.28. The molecule has 0 saturated carbocycles. The number of hydrogen-bond donors (Lipinski definition) is 1. The molecule has 2 fully saturated rings. The van der Waals surface area contributed by atoms with E-state index >= 15 is 0 Å². The van der Waals surface area contributed by atoms with Crippen molar-refractivity contribution in [2.24, 2.45) is 0 Å². The van der Waals surface area contributed by atoms with Crippen LogP contribution in [0.4, 0.5) is 19.0 Å². The highest BCUT2D eigenvalue weighted by atomic mass is 35.5. The zero-order valence-electron chi connectivity index (χ0n) is 24.8. The standard InChI is InChI=1S/C32H32ClF3N6O2S2/c33-28-7-8-30(45-28)46(44)42-13-1-2-27(42)31(43)38-20-23-18-26(24-3-5-25(6-4-24)32(34,35)36)39-29(19-23)41-16-14-40(15-17-41)21-22-9-11-37-12-10-22/h3-12,18-19,27H,1-2,13-17,20-21H2,(H,38,43)/t27-,46?/m0/s1. The molecule has 1 aromatic carbocycles. The third-order valence-corrected chi connectivity index (χ3v) is 11.2. The van der Waals surface area contributed by atoms with Crippen molar-refractivity contribution in [2.75, 3.05) is 37.6 Å². The average molecular weight is 689 g/mol.